The SMILES string of the molecule is CCOC(=O)C1=C(C(F)(F)F)N=C2SC=C(CC(=O)N3CCN(C(C)=O)CC3)N2C1c1ccccc1. The maximum Gasteiger partial charge on any atom is 0.434 e. The number of aliphatic imine (C=N–C) groups is 1. The highest BCUT2D eigenvalue weighted by atomic mass is 32.2. The normalized spacial score (nSPS) is 20.1. The summed E-state index contributed by atoms with van der Waals surface area (Å²) in [5.74, 6) is -1.39. The zero-order valence-corrected chi connectivity index (χ0v) is 20.6. The van der Waals surface area contributed by atoms with Crippen LogP contribution in [-0.4, -0.2) is 76.6 Å². The second-order valence-electron chi connectivity index (χ2n) is 8.35. The topological polar surface area (TPSA) is 82.5 Å². The molecule has 1 atom stereocenters. The van der Waals surface area contributed by atoms with E-state index in [0.717, 1.165) is 11.8 Å². The summed E-state index contributed by atoms with van der Waals surface area (Å²) in [6.07, 6.45) is -4.98. The molecule has 1 fully saturated rings. The number of carbonyl (C=O) groups is 3. The molecular weight excluding hydrogens is 497 g/mol. The number of hydrogen-bond acceptors (Lipinski definition) is 7. The van der Waals surface area contributed by atoms with E-state index < -0.39 is 29.5 Å². The Kier molecular flexibility index (Phi) is 7.43. The highest BCUT2D eigenvalue weighted by Gasteiger charge is 2.49. The molecule has 3 aliphatic heterocycles. The number of amidine groups is 1. The third-order valence-electron chi connectivity index (χ3n) is 6.10. The van der Waals surface area contributed by atoms with Gasteiger partial charge in [0.05, 0.1) is 24.6 Å². The molecule has 2 amide bonds. The molecule has 0 spiro atoms. The van der Waals surface area contributed by atoms with E-state index in [4.69, 9.17) is 4.74 Å². The molecule has 8 nitrogen and oxygen atoms in total. The van der Waals surface area contributed by atoms with Crippen molar-refractivity contribution in [1.29, 1.82) is 0 Å². The first-order chi connectivity index (χ1) is 17.1. The molecule has 1 saturated heterocycles. The average molecular weight is 523 g/mol. The maximum atomic E-state index is 14.1. The van der Waals surface area contributed by atoms with Crippen LogP contribution in [0.1, 0.15) is 31.9 Å². The molecule has 0 aromatic heterocycles. The molecule has 3 heterocycles. The molecule has 36 heavy (non-hydrogen) atoms. The van der Waals surface area contributed by atoms with E-state index >= 15 is 0 Å². The summed E-state index contributed by atoms with van der Waals surface area (Å²) in [4.78, 5) is 46.2. The Balaban J connectivity index is 1.68. The standard InChI is InChI=1S/C24H25F3N4O4S/c1-3-35-22(34)19-20(16-7-5-4-6-8-16)31-17(14-36-23(31)28-21(19)24(25,26)27)13-18(33)30-11-9-29(10-12-30)15(2)32/h4-8,14,20H,3,9-13H2,1-2H3. The fraction of sp³-hybridized carbons (Fsp3) is 0.417. The third-order valence-corrected chi connectivity index (χ3v) is 6.99. The number of nitrogens with zero attached hydrogens (tertiary/aromatic N) is 4. The first-order valence-corrected chi connectivity index (χ1v) is 12.3. The minimum absolute atomic E-state index is 0.0356. The van der Waals surface area contributed by atoms with Crippen molar-refractivity contribution in [2.75, 3.05) is 32.8 Å². The van der Waals surface area contributed by atoms with Gasteiger partial charge in [-0.2, -0.15) is 13.2 Å². The smallest absolute Gasteiger partial charge is 0.434 e. The number of piperazine rings is 1. The van der Waals surface area contributed by atoms with E-state index in [2.05, 4.69) is 4.99 Å². The largest absolute Gasteiger partial charge is 0.463 e. The Morgan fingerprint density at radius 2 is 1.72 bits per heavy atom. The van der Waals surface area contributed by atoms with Crippen molar-refractivity contribution >= 4 is 34.7 Å². The molecule has 4 rings (SSSR count). The summed E-state index contributed by atoms with van der Waals surface area (Å²) in [5.41, 5.74) is -1.04. The number of carbonyl (C=O) groups excluding carboxylic acids is 3. The summed E-state index contributed by atoms with van der Waals surface area (Å²) in [5, 5.41) is 1.63. The number of amides is 2. The quantitative estimate of drug-likeness (QED) is 0.551. The molecular formula is C24H25F3N4O4S. The van der Waals surface area contributed by atoms with Crippen molar-refractivity contribution in [3.63, 3.8) is 0 Å². The van der Waals surface area contributed by atoms with Gasteiger partial charge in [0.2, 0.25) is 11.8 Å². The lowest BCUT2D eigenvalue weighted by atomic mass is 9.93. The van der Waals surface area contributed by atoms with Gasteiger partial charge in [-0.05, 0) is 17.9 Å². The molecule has 1 unspecified atom stereocenters. The Morgan fingerprint density at radius 1 is 1.08 bits per heavy atom. The first-order valence-electron chi connectivity index (χ1n) is 11.4. The summed E-state index contributed by atoms with van der Waals surface area (Å²) in [6, 6.07) is 7.15. The summed E-state index contributed by atoms with van der Waals surface area (Å²) >= 11 is 0.977. The number of allylic oxidation sites excluding steroid dienone is 1. The van der Waals surface area contributed by atoms with Gasteiger partial charge in [0, 0.05) is 38.8 Å². The van der Waals surface area contributed by atoms with Crippen molar-refractivity contribution in [2.24, 2.45) is 4.99 Å². The Hall–Kier alpha value is -3.28. The predicted molar refractivity (Wildman–Crippen MR) is 127 cm³/mol. The van der Waals surface area contributed by atoms with Crippen molar-refractivity contribution in [1.82, 2.24) is 14.7 Å². The van der Waals surface area contributed by atoms with Gasteiger partial charge >= 0.3 is 12.1 Å². The highest BCUT2D eigenvalue weighted by Crippen LogP contribution is 2.48. The molecule has 1 aromatic carbocycles. The van der Waals surface area contributed by atoms with Gasteiger partial charge in [-0.3, -0.25) is 9.59 Å². The second kappa shape index (κ2) is 10.4. The second-order valence-corrected chi connectivity index (χ2v) is 9.19. The Labute approximate surface area is 210 Å². The first kappa shape index (κ1) is 25.8. The molecule has 12 heteroatoms. The van der Waals surface area contributed by atoms with E-state index in [1.54, 1.807) is 45.5 Å². The number of thioether (sulfide) groups is 1. The molecule has 0 bridgehead atoms. The van der Waals surface area contributed by atoms with Gasteiger partial charge in [-0.25, -0.2) is 9.79 Å². The number of benzene rings is 1. The van der Waals surface area contributed by atoms with Crippen LogP contribution in [0.15, 0.2) is 57.7 Å². The summed E-state index contributed by atoms with van der Waals surface area (Å²) < 4.78 is 47.2. The number of fused-ring (bicyclic) bond motifs is 1. The zero-order chi connectivity index (χ0) is 26.0. The van der Waals surface area contributed by atoms with Gasteiger partial charge in [-0.15, -0.1) is 0 Å². The number of ether oxygens (including phenoxy) is 1. The van der Waals surface area contributed by atoms with Crippen LogP contribution in [0.2, 0.25) is 0 Å². The summed E-state index contributed by atoms with van der Waals surface area (Å²) in [6.45, 7) is 4.46. The van der Waals surface area contributed by atoms with Crippen LogP contribution >= 0.6 is 11.8 Å². The van der Waals surface area contributed by atoms with E-state index in [1.807, 2.05) is 0 Å². The lowest BCUT2D eigenvalue weighted by Gasteiger charge is -2.38. The van der Waals surface area contributed by atoms with E-state index in [9.17, 15) is 27.6 Å². The van der Waals surface area contributed by atoms with Crippen LogP contribution in [0, 0.1) is 0 Å². The van der Waals surface area contributed by atoms with Crippen LogP contribution in [-0.2, 0) is 19.1 Å². The predicted octanol–water partition coefficient (Wildman–Crippen LogP) is 3.45. The fourth-order valence-corrected chi connectivity index (χ4v) is 5.30. The van der Waals surface area contributed by atoms with E-state index in [-0.39, 0.29) is 30.0 Å². The van der Waals surface area contributed by atoms with Gasteiger partial charge in [0.1, 0.15) is 0 Å². The molecule has 0 aliphatic carbocycles. The van der Waals surface area contributed by atoms with E-state index in [1.165, 1.54) is 18.7 Å². The van der Waals surface area contributed by atoms with Crippen molar-refractivity contribution in [3.05, 3.63) is 58.3 Å². The fourth-order valence-electron chi connectivity index (χ4n) is 4.38. The summed E-state index contributed by atoms with van der Waals surface area (Å²) in [7, 11) is 0. The van der Waals surface area contributed by atoms with Crippen molar-refractivity contribution in [3.8, 4) is 0 Å². The van der Waals surface area contributed by atoms with E-state index in [0.29, 0.717) is 37.4 Å². The Morgan fingerprint density at radius 3 is 2.31 bits per heavy atom. The number of rotatable bonds is 5. The molecule has 192 valence electrons. The molecule has 0 saturated carbocycles. The molecule has 3 aliphatic rings. The zero-order valence-electron chi connectivity index (χ0n) is 19.7. The molecule has 0 N–H and O–H groups in total. The maximum absolute atomic E-state index is 14.1. The monoisotopic (exact) mass is 522 g/mol. The number of esters is 1. The van der Waals surface area contributed by atoms with Crippen LogP contribution in [0.3, 0.4) is 0 Å². The highest BCUT2D eigenvalue weighted by molar-refractivity contribution is 8.16. The van der Waals surface area contributed by atoms with Crippen LogP contribution in [0.25, 0.3) is 0 Å². The third kappa shape index (κ3) is 5.13. The number of halogens is 3. The van der Waals surface area contributed by atoms with Gasteiger partial charge < -0.3 is 19.4 Å². The van der Waals surface area contributed by atoms with Crippen LogP contribution in [0.5, 0.6) is 0 Å². The van der Waals surface area contributed by atoms with Gasteiger partial charge in [-0.1, -0.05) is 42.1 Å². The van der Waals surface area contributed by atoms with Crippen LogP contribution in [0.4, 0.5) is 13.2 Å². The molecule has 0 radical (unpaired) electrons. The molecule has 1 aromatic rings. The Bertz CT molecular complexity index is 1140. The lowest BCUT2D eigenvalue weighted by Crippen LogP contribution is -2.50. The van der Waals surface area contributed by atoms with Crippen LogP contribution < -0.4 is 0 Å². The van der Waals surface area contributed by atoms with Crippen molar-refractivity contribution < 1.29 is 32.3 Å². The lowest BCUT2D eigenvalue weighted by molar-refractivity contribution is -0.141. The van der Waals surface area contributed by atoms with Gasteiger partial charge in [0.25, 0.3) is 0 Å². The number of hydrogen-bond donors (Lipinski definition) is 0. The van der Waals surface area contributed by atoms with Gasteiger partial charge in [0.15, 0.2) is 10.9 Å². The van der Waals surface area contributed by atoms with Crippen molar-refractivity contribution in [2.45, 2.75) is 32.5 Å². The minimum atomic E-state index is -4.89. The number of alkyl halides is 3. The average Bonchev–Trinajstić information content (AvgIpc) is 3.25. The minimum Gasteiger partial charge on any atom is -0.463 e.